The minimum atomic E-state index is -0.750. The molecule has 1 rings (SSSR count). The monoisotopic (exact) mass is 314 g/mol. The van der Waals surface area contributed by atoms with Gasteiger partial charge in [-0.15, -0.1) is 0 Å². The number of allylic oxidation sites excluding steroid dienone is 3. The van der Waals surface area contributed by atoms with Crippen LogP contribution in [0.25, 0.3) is 0 Å². The highest BCUT2D eigenvalue weighted by atomic mass is 16.4. The van der Waals surface area contributed by atoms with Crippen molar-refractivity contribution in [3.8, 4) is 0 Å². The highest BCUT2D eigenvalue weighted by molar-refractivity contribution is 5.66. The molecule has 6 heteroatoms. The lowest BCUT2D eigenvalue weighted by Crippen LogP contribution is -2.47. The van der Waals surface area contributed by atoms with Gasteiger partial charge in [0.15, 0.2) is 0 Å². The molecule has 0 saturated carbocycles. The van der Waals surface area contributed by atoms with Crippen molar-refractivity contribution in [2.24, 2.45) is 11.5 Å². The summed E-state index contributed by atoms with van der Waals surface area (Å²) < 4.78 is 0. The SMILES string of the molecule is C/C(N)=C/C=C(\N)N1CCN(CCC(=O)O)CC1.CC.CC. The fourth-order valence-electron chi connectivity index (χ4n) is 1.81. The van der Waals surface area contributed by atoms with E-state index in [4.69, 9.17) is 16.6 Å². The summed E-state index contributed by atoms with van der Waals surface area (Å²) in [5, 5.41) is 8.62. The van der Waals surface area contributed by atoms with E-state index in [1.54, 1.807) is 6.08 Å². The van der Waals surface area contributed by atoms with E-state index in [2.05, 4.69) is 9.80 Å². The van der Waals surface area contributed by atoms with Crippen LogP contribution in [0, 0.1) is 0 Å². The van der Waals surface area contributed by atoms with Crippen LogP contribution in [0.2, 0.25) is 0 Å². The van der Waals surface area contributed by atoms with E-state index in [1.165, 1.54) is 0 Å². The van der Waals surface area contributed by atoms with Gasteiger partial charge in [0.25, 0.3) is 0 Å². The van der Waals surface area contributed by atoms with Crippen LogP contribution in [0.5, 0.6) is 0 Å². The summed E-state index contributed by atoms with van der Waals surface area (Å²) in [7, 11) is 0. The molecule has 1 heterocycles. The zero-order chi connectivity index (χ0) is 17.5. The minimum absolute atomic E-state index is 0.195. The van der Waals surface area contributed by atoms with Gasteiger partial charge in [0, 0.05) is 38.4 Å². The predicted molar refractivity (Wildman–Crippen MR) is 93.2 cm³/mol. The maximum absolute atomic E-state index is 10.5. The summed E-state index contributed by atoms with van der Waals surface area (Å²) >= 11 is 0. The number of carbonyl (C=O) groups is 1. The van der Waals surface area contributed by atoms with Gasteiger partial charge in [-0.2, -0.15) is 0 Å². The summed E-state index contributed by atoms with van der Waals surface area (Å²) in [5.41, 5.74) is 12.2. The Hall–Kier alpha value is -1.69. The molecule has 130 valence electrons. The Labute approximate surface area is 135 Å². The molecular formula is C16H34N4O2. The first-order chi connectivity index (χ1) is 10.5. The average molecular weight is 314 g/mol. The lowest BCUT2D eigenvalue weighted by molar-refractivity contribution is -0.137. The van der Waals surface area contributed by atoms with E-state index in [0.29, 0.717) is 12.4 Å². The Morgan fingerprint density at radius 1 is 1.05 bits per heavy atom. The molecule has 0 spiro atoms. The Morgan fingerprint density at radius 2 is 1.55 bits per heavy atom. The number of hydrogen-bond acceptors (Lipinski definition) is 5. The molecule has 0 atom stereocenters. The van der Waals surface area contributed by atoms with E-state index in [0.717, 1.165) is 31.9 Å². The summed E-state index contributed by atoms with van der Waals surface area (Å²) in [6.07, 6.45) is 3.79. The van der Waals surface area contributed by atoms with Crippen LogP contribution in [0.3, 0.4) is 0 Å². The Balaban J connectivity index is 0. The van der Waals surface area contributed by atoms with Crippen LogP contribution in [-0.4, -0.2) is 53.6 Å². The standard InChI is InChI=1S/C12H22N4O2.2C2H6/c1-10(13)2-3-11(14)16-8-6-15(7-9-16)5-4-12(17)18;2*1-2/h2-3H,4-9,13-14H2,1H3,(H,17,18);2*1-2H3/b10-2-,11-3+;;. The number of nitrogens with zero attached hydrogens (tertiary/aromatic N) is 2. The summed E-state index contributed by atoms with van der Waals surface area (Å²) in [5.74, 6) is -0.0434. The van der Waals surface area contributed by atoms with Crippen molar-refractivity contribution in [1.29, 1.82) is 0 Å². The number of nitrogens with two attached hydrogens (primary N) is 2. The topological polar surface area (TPSA) is 95.8 Å². The molecule has 22 heavy (non-hydrogen) atoms. The highest BCUT2D eigenvalue weighted by Crippen LogP contribution is 2.06. The van der Waals surface area contributed by atoms with Crippen molar-refractivity contribution in [2.45, 2.75) is 41.0 Å². The van der Waals surface area contributed by atoms with Gasteiger partial charge in [-0.3, -0.25) is 9.69 Å². The molecule has 0 radical (unpaired) electrons. The highest BCUT2D eigenvalue weighted by Gasteiger charge is 2.17. The molecule has 1 saturated heterocycles. The molecule has 1 aliphatic heterocycles. The van der Waals surface area contributed by atoms with E-state index >= 15 is 0 Å². The van der Waals surface area contributed by atoms with Gasteiger partial charge in [-0.1, -0.05) is 27.7 Å². The third-order valence-corrected chi connectivity index (χ3v) is 2.90. The molecule has 0 aliphatic carbocycles. The third kappa shape index (κ3) is 11.0. The van der Waals surface area contributed by atoms with Crippen LogP contribution >= 0.6 is 0 Å². The maximum atomic E-state index is 10.5. The van der Waals surface area contributed by atoms with Crippen LogP contribution < -0.4 is 11.5 Å². The molecule has 0 amide bonds. The molecule has 6 nitrogen and oxygen atoms in total. The van der Waals surface area contributed by atoms with Crippen molar-refractivity contribution in [2.75, 3.05) is 32.7 Å². The van der Waals surface area contributed by atoms with E-state index in [9.17, 15) is 4.79 Å². The number of piperazine rings is 1. The lowest BCUT2D eigenvalue weighted by atomic mass is 10.3. The molecule has 1 fully saturated rings. The number of hydrogen-bond donors (Lipinski definition) is 3. The molecule has 0 unspecified atom stereocenters. The second-order valence-electron chi connectivity index (χ2n) is 4.47. The summed E-state index contributed by atoms with van der Waals surface area (Å²) in [4.78, 5) is 14.7. The van der Waals surface area contributed by atoms with Gasteiger partial charge in [0.1, 0.15) is 0 Å². The van der Waals surface area contributed by atoms with E-state index in [-0.39, 0.29) is 6.42 Å². The predicted octanol–water partition coefficient (Wildman–Crippen LogP) is 1.79. The van der Waals surface area contributed by atoms with Crippen LogP contribution in [0.15, 0.2) is 23.7 Å². The fourth-order valence-corrected chi connectivity index (χ4v) is 1.81. The quantitative estimate of drug-likeness (QED) is 0.670. The third-order valence-electron chi connectivity index (χ3n) is 2.90. The smallest absolute Gasteiger partial charge is 0.304 e. The fraction of sp³-hybridized carbons (Fsp3) is 0.688. The van der Waals surface area contributed by atoms with Crippen LogP contribution in [0.4, 0.5) is 0 Å². The number of aliphatic carboxylic acids is 1. The largest absolute Gasteiger partial charge is 0.481 e. The maximum Gasteiger partial charge on any atom is 0.304 e. The van der Waals surface area contributed by atoms with Gasteiger partial charge in [0.05, 0.1) is 12.2 Å². The molecule has 0 bridgehead atoms. The molecular weight excluding hydrogens is 280 g/mol. The zero-order valence-electron chi connectivity index (χ0n) is 14.8. The van der Waals surface area contributed by atoms with Gasteiger partial charge in [-0.05, 0) is 19.1 Å². The van der Waals surface area contributed by atoms with Crippen molar-refractivity contribution in [3.63, 3.8) is 0 Å². The zero-order valence-corrected chi connectivity index (χ0v) is 14.8. The van der Waals surface area contributed by atoms with E-state index < -0.39 is 5.97 Å². The number of carboxylic acid groups (broad SMARTS) is 1. The summed E-state index contributed by atoms with van der Waals surface area (Å²) in [6.45, 7) is 13.7. The molecule has 0 aromatic rings. The van der Waals surface area contributed by atoms with Gasteiger partial charge >= 0.3 is 5.97 Å². The minimum Gasteiger partial charge on any atom is -0.481 e. The second kappa shape index (κ2) is 14.3. The van der Waals surface area contributed by atoms with Gasteiger partial charge < -0.3 is 21.5 Å². The Kier molecular flexibility index (Phi) is 14.6. The average Bonchev–Trinajstić information content (AvgIpc) is 2.55. The van der Waals surface area contributed by atoms with Crippen LogP contribution in [-0.2, 0) is 4.79 Å². The summed E-state index contributed by atoms with van der Waals surface area (Å²) in [6, 6.07) is 0. The Bertz CT molecular complexity index is 342. The van der Waals surface area contributed by atoms with Gasteiger partial charge in [0.2, 0.25) is 0 Å². The molecule has 1 aliphatic rings. The lowest BCUT2D eigenvalue weighted by Gasteiger charge is -2.35. The van der Waals surface area contributed by atoms with Crippen molar-refractivity contribution in [1.82, 2.24) is 9.80 Å². The first kappa shape index (κ1) is 22.6. The first-order valence-electron chi connectivity index (χ1n) is 8.07. The van der Waals surface area contributed by atoms with Crippen molar-refractivity contribution >= 4 is 5.97 Å². The number of carboxylic acids is 1. The molecule has 5 N–H and O–H groups in total. The van der Waals surface area contributed by atoms with E-state index in [1.807, 2.05) is 40.7 Å². The van der Waals surface area contributed by atoms with Crippen LogP contribution in [0.1, 0.15) is 41.0 Å². The van der Waals surface area contributed by atoms with Crippen molar-refractivity contribution < 1.29 is 9.90 Å². The number of rotatable bonds is 5. The molecule has 0 aromatic carbocycles. The molecule has 0 aromatic heterocycles. The van der Waals surface area contributed by atoms with Gasteiger partial charge in [-0.25, -0.2) is 0 Å². The Morgan fingerprint density at radius 3 is 1.95 bits per heavy atom. The second-order valence-corrected chi connectivity index (χ2v) is 4.47. The normalized spacial score (nSPS) is 16.1. The first-order valence-corrected chi connectivity index (χ1v) is 8.07. The van der Waals surface area contributed by atoms with Crippen molar-refractivity contribution in [3.05, 3.63) is 23.7 Å².